The molecule has 0 spiro atoms. The lowest BCUT2D eigenvalue weighted by Crippen LogP contribution is -2.35. The van der Waals surface area contributed by atoms with Gasteiger partial charge in [0.1, 0.15) is 0 Å². The summed E-state index contributed by atoms with van der Waals surface area (Å²) in [6.45, 7) is 7.22. The molecule has 1 aromatic rings. The molecule has 0 amide bonds. The summed E-state index contributed by atoms with van der Waals surface area (Å²) in [7, 11) is 0. The minimum Gasteiger partial charge on any atom is -0.381 e. The summed E-state index contributed by atoms with van der Waals surface area (Å²) < 4.78 is 7.02. The molecule has 100 valence electrons. The van der Waals surface area contributed by atoms with Gasteiger partial charge in [0.25, 0.3) is 5.56 Å². The van der Waals surface area contributed by atoms with E-state index in [0.29, 0.717) is 12.4 Å². The molecule has 1 aliphatic rings. The second kappa shape index (κ2) is 5.52. The number of aryl methyl sites for hydroxylation is 1. The molecule has 0 saturated carbocycles. The molecule has 0 aliphatic carbocycles. The number of nitrogens with zero attached hydrogens (tertiary/aromatic N) is 2. The fraction of sp³-hybridized carbons (Fsp3) is 0.692. The molecular weight excluding hydrogens is 230 g/mol. The van der Waals surface area contributed by atoms with Crippen molar-refractivity contribution in [3.63, 3.8) is 0 Å². The van der Waals surface area contributed by atoms with Crippen molar-refractivity contribution in [1.29, 1.82) is 0 Å². The van der Waals surface area contributed by atoms with Crippen LogP contribution in [0.1, 0.15) is 26.7 Å². The van der Waals surface area contributed by atoms with Crippen LogP contribution in [0.3, 0.4) is 0 Å². The molecule has 1 fully saturated rings. The molecule has 1 aliphatic heterocycles. The van der Waals surface area contributed by atoms with Crippen molar-refractivity contribution in [1.82, 2.24) is 9.55 Å². The van der Waals surface area contributed by atoms with Crippen LogP contribution in [0.2, 0.25) is 0 Å². The Morgan fingerprint density at radius 3 is 2.89 bits per heavy atom. The summed E-state index contributed by atoms with van der Waals surface area (Å²) in [5.41, 5.74) is 0.148. The van der Waals surface area contributed by atoms with Gasteiger partial charge >= 0.3 is 0 Å². The van der Waals surface area contributed by atoms with Gasteiger partial charge in [-0.1, -0.05) is 6.92 Å². The van der Waals surface area contributed by atoms with Crippen LogP contribution in [0.15, 0.2) is 17.2 Å². The second-order valence-corrected chi connectivity index (χ2v) is 5.14. The molecule has 0 atom stereocenters. The molecule has 1 aromatic heterocycles. The van der Waals surface area contributed by atoms with Crippen molar-refractivity contribution >= 4 is 5.82 Å². The van der Waals surface area contributed by atoms with Crippen LogP contribution in [-0.4, -0.2) is 29.3 Å². The van der Waals surface area contributed by atoms with Crippen LogP contribution in [0.4, 0.5) is 5.82 Å². The fourth-order valence-electron chi connectivity index (χ4n) is 2.16. The highest BCUT2D eigenvalue weighted by Gasteiger charge is 2.27. The number of nitrogens with one attached hydrogen (secondary N) is 1. The third-order valence-electron chi connectivity index (χ3n) is 3.64. The van der Waals surface area contributed by atoms with Gasteiger partial charge in [0.2, 0.25) is 0 Å². The molecule has 5 nitrogen and oxygen atoms in total. The zero-order valence-corrected chi connectivity index (χ0v) is 11.1. The number of hydrogen-bond donors (Lipinski definition) is 1. The zero-order valence-electron chi connectivity index (χ0n) is 11.1. The third kappa shape index (κ3) is 2.90. The van der Waals surface area contributed by atoms with E-state index in [0.717, 1.165) is 32.6 Å². The van der Waals surface area contributed by atoms with Crippen molar-refractivity contribution in [3.05, 3.63) is 22.7 Å². The van der Waals surface area contributed by atoms with Gasteiger partial charge < -0.3 is 14.6 Å². The summed E-state index contributed by atoms with van der Waals surface area (Å²) in [4.78, 5) is 16.1. The minimum atomic E-state index is -0.0457. The number of ether oxygens (including phenoxy) is 1. The topological polar surface area (TPSA) is 56.1 Å². The van der Waals surface area contributed by atoms with Gasteiger partial charge in [-0.25, -0.2) is 4.98 Å². The second-order valence-electron chi connectivity index (χ2n) is 5.14. The average Bonchev–Trinajstić information content (AvgIpc) is 2.38. The zero-order chi connectivity index (χ0) is 13.0. The van der Waals surface area contributed by atoms with Crippen LogP contribution in [0.25, 0.3) is 0 Å². The number of rotatable bonds is 4. The van der Waals surface area contributed by atoms with Crippen LogP contribution < -0.4 is 10.9 Å². The molecule has 1 N–H and O–H groups in total. The summed E-state index contributed by atoms with van der Waals surface area (Å²) >= 11 is 0. The number of anilines is 1. The fourth-order valence-corrected chi connectivity index (χ4v) is 2.16. The molecule has 0 radical (unpaired) electrons. The molecule has 1 saturated heterocycles. The van der Waals surface area contributed by atoms with Gasteiger partial charge in [-0.15, -0.1) is 0 Å². The average molecular weight is 251 g/mol. The van der Waals surface area contributed by atoms with E-state index in [1.54, 1.807) is 17.0 Å². The highest BCUT2D eigenvalue weighted by molar-refractivity contribution is 5.31. The Hall–Kier alpha value is -1.36. The first-order valence-electron chi connectivity index (χ1n) is 6.52. The van der Waals surface area contributed by atoms with E-state index in [1.165, 1.54) is 0 Å². The van der Waals surface area contributed by atoms with Gasteiger partial charge in [0.15, 0.2) is 5.82 Å². The summed E-state index contributed by atoms with van der Waals surface area (Å²) in [6, 6.07) is 0. The lowest BCUT2D eigenvalue weighted by molar-refractivity contribution is 0.0299. The molecule has 18 heavy (non-hydrogen) atoms. The predicted molar refractivity (Wildman–Crippen MR) is 70.8 cm³/mol. The molecule has 0 bridgehead atoms. The molecule has 0 aromatic carbocycles. The van der Waals surface area contributed by atoms with Crippen LogP contribution >= 0.6 is 0 Å². The van der Waals surface area contributed by atoms with Crippen molar-refractivity contribution < 1.29 is 4.74 Å². The van der Waals surface area contributed by atoms with Gasteiger partial charge in [0, 0.05) is 38.7 Å². The van der Waals surface area contributed by atoms with E-state index in [2.05, 4.69) is 17.2 Å². The van der Waals surface area contributed by atoms with Crippen molar-refractivity contribution in [2.24, 2.45) is 5.41 Å². The van der Waals surface area contributed by atoms with Gasteiger partial charge in [-0.3, -0.25) is 4.79 Å². The quantitative estimate of drug-likeness (QED) is 0.881. The Kier molecular flexibility index (Phi) is 4.01. The highest BCUT2D eigenvalue weighted by Crippen LogP contribution is 2.29. The monoisotopic (exact) mass is 251 g/mol. The van der Waals surface area contributed by atoms with Crippen LogP contribution in [-0.2, 0) is 11.3 Å². The number of aromatic nitrogens is 2. The van der Waals surface area contributed by atoms with E-state index in [-0.39, 0.29) is 11.0 Å². The maximum absolute atomic E-state index is 12.0. The summed E-state index contributed by atoms with van der Waals surface area (Å²) in [5.74, 6) is 0.451. The Morgan fingerprint density at radius 2 is 2.22 bits per heavy atom. The Labute approximate surface area is 107 Å². The Bertz CT molecular complexity index is 450. The van der Waals surface area contributed by atoms with Gasteiger partial charge in [-0.2, -0.15) is 0 Å². The van der Waals surface area contributed by atoms with E-state index in [4.69, 9.17) is 4.74 Å². The molecule has 2 heterocycles. The third-order valence-corrected chi connectivity index (χ3v) is 3.64. The lowest BCUT2D eigenvalue weighted by Gasteiger charge is -2.33. The van der Waals surface area contributed by atoms with E-state index in [1.807, 2.05) is 6.92 Å². The lowest BCUT2D eigenvalue weighted by atomic mass is 9.82. The van der Waals surface area contributed by atoms with Crippen molar-refractivity contribution in [2.75, 3.05) is 25.1 Å². The summed E-state index contributed by atoms with van der Waals surface area (Å²) in [6.07, 6.45) is 5.42. The Morgan fingerprint density at radius 1 is 1.50 bits per heavy atom. The Balaban J connectivity index is 2.04. The number of hydrogen-bond acceptors (Lipinski definition) is 4. The smallest absolute Gasteiger partial charge is 0.293 e. The normalized spacial score (nSPS) is 18.6. The van der Waals surface area contributed by atoms with E-state index < -0.39 is 0 Å². The van der Waals surface area contributed by atoms with E-state index >= 15 is 0 Å². The van der Waals surface area contributed by atoms with Crippen molar-refractivity contribution in [2.45, 2.75) is 33.2 Å². The maximum Gasteiger partial charge on any atom is 0.293 e. The van der Waals surface area contributed by atoms with Crippen LogP contribution in [0.5, 0.6) is 0 Å². The first kappa shape index (κ1) is 13.1. The first-order valence-corrected chi connectivity index (χ1v) is 6.52. The molecule has 2 rings (SSSR count). The van der Waals surface area contributed by atoms with Crippen LogP contribution in [0, 0.1) is 5.41 Å². The largest absolute Gasteiger partial charge is 0.381 e. The SMILES string of the molecule is CCn1ccnc(NCC2(C)CCOCC2)c1=O. The minimum absolute atomic E-state index is 0.0457. The van der Waals surface area contributed by atoms with E-state index in [9.17, 15) is 4.79 Å². The molecule has 5 heteroatoms. The molecular formula is C13H21N3O2. The first-order chi connectivity index (χ1) is 8.64. The standard InChI is InChI=1S/C13H21N3O2/c1-3-16-7-6-14-11(12(16)17)15-10-13(2)4-8-18-9-5-13/h6-7H,3-5,8-10H2,1-2H3,(H,14,15). The molecule has 0 unspecified atom stereocenters. The highest BCUT2D eigenvalue weighted by atomic mass is 16.5. The van der Waals surface area contributed by atoms with Gasteiger partial charge in [-0.05, 0) is 25.2 Å². The van der Waals surface area contributed by atoms with Crippen molar-refractivity contribution in [3.8, 4) is 0 Å². The van der Waals surface area contributed by atoms with Gasteiger partial charge in [0.05, 0.1) is 0 Å². The maximum atomic E-state index is 12.0. The summed E-state index contributed by atoms with van der Waals surface area (Å²) in [5, 5.41) is 3.20. The predicted octanol–water partition coefficient (Wildman–Crippen LogP) is 1.49.